The average molecular weight is 355 g/mol. The van der Waals surface area contributed by atoms with Crippen LogP contribution >= 0.6 is 0 Å². The van der Waals surface area contributed by atoms with E-state index in [0.29, 0.717) is 23.5 Å². The molecule has 0 N–H and O–H groups in total. The third-order valence-corrected chi connectivity index (χ3v) is 3.35. The van der Waals surface area contributed by atoms with Crippen molar-refractivity contribution in [2.45, 2.75) is 6.92 Å². The number of benzene rings is 2. The number of non-ortho nitro benzene ring substituents is 1. The van der Waals surface area contributed by atoms with E-state index in [-0.39, 0.29) is 18.1 Å². The molecule has 7 nitrogen and oxygen atoms in total. The standard InChI is InChI=1S/C19H17NO6/c1-2-25-17-10-6-15(7-11-17)18(21)13-26-19(22)12-5-14-3-8-16(9-4-14)20(23)24/h3-12H,2,13H2,1H3/b12-5+. The minimum absolute atomic E-state index is 0.0364. The lowest BCUT2D eigenvalue weighted by Gasteiger charge is -2.05. The summed E-state index contributed by atoms with van der Waals surface area (Å²) in [4.78, 5) is 33.7. The maximum atomic E-state index is 12.0. The van der Waals surface area contributed by atoms with Gasteiger partial charge in [0.2, 0.25) is 0 Å². The summed E-state index contributed by atoms with van der Waals surface area (Å²) in [5.74, 6) is -0.347. The Morgan fingerprint density at radius 1 is 1.08 bits per heavy atom. The summed E-state index contributed by atoms with van der Waals surface area (Å²) >= 11 is 0. The molecule has 0 heterocycles. The van der Waals surface area contributed by atoms with Gasteiger partial charge in [0, 0.05) is 23.8 Å². The van der Waals surface area contributed by atoms with Crippen molar-refractivity contribution in [3.8, 4) is 5.75 Å². The van der Waals surface area contributed by atoms with E-state index in [2.05, 4.69) is 0 Å². The summed E-state index contributed by atoms with van der Waals surface area (Å²) in [5, 5.41) is 10.6. The van der Waals surface area contributed by atoms with E-state index in [1.54, 1.807) is 24.3 Å². The van der Waals surface area contributed by atoms with Gasteiger partial charge in [-0.3, -0.25) is 14.9 Å². The maximum absolute atomic E-state index is 12.0. The van der Waals surface area contributed by atoms with Gasteiger partial charge in [0.15, 0.2) is 12.4 Å². The van der Waals surface area contributed by atoms with E-state index >= 15 is 0 Å². The quantitative estimate of drug-likeness (QED) is 0.237. The fourth-order valence-electron chi connectivity index (χ4n) is 2.04. The Morgan fingerprint density at radius 2 is 1.73 bits per heavy atom. The van der Waals surface area contributed by atoms with Crippen LogP contribution in [0, 0.1) is 10.1 Å². The molecule has 0 aliphatic carbocycles. The fraction of sp³-hybridized carbons (Fsp3) is 0.158. The topological polar surface area (TPSA) is 95.7 Å². The molecule has 26 heavy (non-hydrogen) atoms. The van der Waals surface area contributed by atoms with Gasteiger partial charge in [-0.2, -0.15) is 0 Å². The average Bonchev–Trinajstić information content (AvgIpc) is 2.65. The van der Waals surface area contributed by atoms with Crippen LogP contribution in [-0.4, -0.2) is 29.9 Å². The summed E-state index contributed by atoms with van der Waals surface area (Å²) in [5.41, 5.74) is 0.983. The molecule has 0 saturated carbocycles. The second-order valence-electron chi connectivity index (χ2n) is 5.17. The number of Topliss-reactive ketones (excluding diaryl/α,β-unsaturated/α-hetero) is 1. The van der Waals surface area contributed by atoms with Gasteiger partial charge in [-0.25, -0.2) is 4.79 Å². The highest BCUT2D eigenvalue weighted by Gasteiger charge is 2.09. The van der Waals surface area contributed by atoms with Crippen molar-refractivity contribution >= 4 is 23.5 Å². The summed E-state index contributed by atoms with van der Waals surface area (Å²) < 4.78 is 10.2. The number of carbonyl (C=O) groups excluding carboxylic acids is 2. The van der Waals surface area contributed by atoms with Gasteiger partial charge in [-0.05, 0) is 55.0 Å². The van der Waals surface area contributed by atoms with Gasteiger partial charge in [0.05, 0.1) is 11.5 Å². The second-order valence-corrected chi connectivity index (χ2v) is 5.17. The molecule has 0 aromatic heterocycles. The minimum atomic E-state index is -0.678. The highest BCUT2D eigenvalue weighted by atomic mass is 16.6. The fourth-order valence-corrected chi connectivity index (χ4v) is 2.04. The third-order valence-electron chi connectivity index (χ3n) is 3.35. The highest BCUT2D eigenvalue weighted by Crippen LogP contribution is 2.14. The van der Waals surface area contributed by atoms with Crippen molar-refractivity contribution in [3.63, 3.8) is 0 Å². The van der Waals surface area contributed by atoms with Crippen LogP contribution in [0.2, 0.25) is 0 Å². The number of ketones is 1. The zero-order chi connectivity index (χ0) is 18.9. The molecule has 0 spiro atoms. The maximum Gasteiger partial charge on any atom is 0.331 e. The second kappa shape index (κ2) is 9.12. The van der Waals surface area contributed by atoms with Gasteiger partial charge in [0.25, 0.3) is 5.69 Å². The van der Waals surface area contributed by atoms with Gasteiger partial charge in [-0.1, -0.05) is 0 Å². The van der Waals surface area contributed by atoms with Gasteiger partial charge < -0.3 is 9.47 Å². The van der Waals surface area contributed by atoms with Crippen LogP contribution in [0.1, 0.15) is 22.8 Å². The molecule has 0 amide bonds. The molecule has 2 aromatic rings. The summed E-state index contributed by atoms with van der Waals surface area (Å²) in [6.07, 6.45) is 2.61. The molecule has 0 aliphatic heterocycles. The molecule has 0 fully saturated rings. The Balaban J connectivity index is 1.85. The Kier molecular flexibility index (Phi) is 6.61. The predicted molar refractivity (Wildman–Crippen MR) is 95.0 cm³/mol. The van der Waals surface area contributed by atoms with Crippen molar-refractivity contribution in [1.82, 2.24) is 0 Å². The monoisotopic (exact) mass is 355 g/mol. The lowest BCUT2D eigenvalue weighted by molar-refractivity contribution is -0.384. The van der Waals surface area contributed by atoms with E-state index < -0.39 is 10.9 Å². The number of esters is 1. The number of nitrogens with zero attached hydrogens (tertiary/aromatic N) is 1. The molecule has 7 heteroatoms. The van der Waals surface area contributed by atoms with Crippen LogP contribution in [0.25, 0.3) is 6.08 Å². The number of ether oxygens (including phenoxy) is 2. The molecule has 0 unspecified atom stereocenters. The Labute approximate surface area is 150 Å². The number of hydrogen-bond donors (Lipinski definition) is 0. The van der Waals surface area contributed by atoms with Crippen LogP contribution < -0.4 is 4.74 Å². The lowest BCUT2D eigenvalue weighted by atomic mass is 10.1. The Morgan fingerprint density at radius 3 is 2.31 bits per heavy atom. The molecule has 0 saturated heterocycles. The van der Waals surface area contributed by atoms with Crippen LogP contribution in [-0.2, 0) is 9.53 Å². The molecule has 0 atom stereocenters. The molecular weight excluding hydrogens is 338 g/mol. The lowest BCUT2D eigenvalue weighted by Crippen LogP contribution is -2.12. The minimum Gasteiger partial charge on any atom is -0.494 e. The van der Waals surface area contributed by atoms with E-state index in [9.17, 15) is 19.7 Å². The summed E-state index contributed by atoms with van der Waals surface area (Å²) in [6.45, 7) is 2.02. The molecule has 0 aliphatic rings. The molecule has 0 bridgehead atoms. The van der Waals surface area contributed by atoms with Gasteiger partial charge in [-0.15, -0.1) is 0 Å². The van der Waals surface area contributed by atoms with E-state index in [0.717, 1.165) is 6.08 Å². The van der Waals surface area contributed by atoms with Crippen molar-refractivity contribution in [3.05, 3.63) is 75.8 Å². The number of nitro groups is 1. The first-order chi connectivity index (χ1) is 12.5. The van der Waals surface area contributed by atoms with Crippen molar-refractivity contribution in [2.75, 3.05) is 13.2 Å². The summed E-state index contributed by atoms with van der Waals surface area (Å²) in [7, 11) is 0. The number of rotatable bonds is 8. The Hall–Kier alpha value is -3.48. The van der Waals surface area contributed by atoms with Crippen LogP contribution in [0.4, 0.5) is 5.69 Å². The SMILES string of the molecule is CCOc1ccc(C(=O)COC(=O)/C=C/c2ccc([N+](=O)[O-])cc2)cc1. The van der Waals surface area contributed by atoms with Crippen LogP contribution in [0.15, 0.2) is 54.6 Å². The van der Waals surface area contributed by atoms with Crippen LogP contribution in [0.3, 0.4) is 0 Å². The van der Waals surface area contributed by atoms with E-state index in [4.69, 9.17) is 9.47 Å². The van der Waals surface area contributed by atoms with Crippen LogP contribution in [0.5, 0.6) is 5.75 Å². The smallest absolute Gasteiger partial charge is 0.331 e. The zero-order valence-corrected chi connectivity index (χ0v) is 14.1. The van der Waals surface area contributed by atoms with Gasteiger partial charge in [0.1, 0.15) is 5.75 Å². The van der Waals surface area contributed by atoms with Gasteiger partial charge >= 0.3 is 5.97 Å². The van der Waals surface area contributed by atoms with E-state index in [1.807, 2.05) is 6.92 Å². The first kappa shape index (κ1) is 18.9. The third kappa shape index (κ3) is 5.55. The highest BCUT2D eigenvalue weighted by molar-refractivity contribution is 5.99. The Bertz CT molecular complexity index is 809. The largest absolute Gasteiger partial charge is 0.494 e. The molecule has 2 rings (SSSR count). The molecular formula is C19H17NO6. The number of hydrogen-bond acceptors (Lipinski definition) is 6. The van der Waals surface area contributed by atoms with Crippen molar-refractivity contribution in [2.24, 2.45) is 0 Å². The number of carbonyl (C=O) groups is 2. The molecule has 2 aromatic carbocycles. The first-order valence-corrected chi connectivity index (χ1v) is 7.85. The van der Waals surface area contributed by atoms with Crippen molar-refractivity contribution in [1.29, 1.82) is 0 Å². The molecule has 134 valence electrons. The summed E-state index contributed by atoms with van der Waals surface area (Å²) in [6, 6.07) is 12.2. The van der Waals surface area contributed by atoms with E-state index in [1.165, 1.54) is 30.3 Å². The number of nitro benzene ring substituents is 1. The normalized spacial score (nSPS) is 10.5. The first-order valence-electron chi connectivity index (χ1n) is 7.85. The molecule has 0 radical (unpaired) electrons. The van der Waals surface area contributed by atoms with Crippen molar-refractivity contribution < 1.29 is 24.0 Å². The zero-order valence-electron chi connectivity index (χ0n) is 14.1. The predicted octanol–water partition coefficient (Wildman–Crippen LogP) is 3.43.